The Kier molecular flexibility index (Phi) is 3.64. The van der Waals surface area contributed by atoms with Crippen LogP contribution in [0.15, 0.2) is 11.5 Å². The SMILES string of the molecule is CCNC(=O)/C=C/c1nc(C)cs1. The van der Waals surface area contributed by atoms with Crippen LogP contribution in [0, 0.1) is 6.92 Å². The van der Waals surface area contributed by atoms with Gasteiger partial charge in [-0.05, 0) is 19.9 Å². The summed E-state index contributed by atoms with van der Waals surface area (Å²) in [6.07, 6.45) is 3.23. The number of nitrogens with one attached hydrogen (secondary N) is 1. The van der Waals surface area contributed by atoms with E-state index in [1.807, 2.05) is 19.2 Å². The summed E-state index contributed by atoms with van der Waals surface area (Å²) in [7, 11) is 0. The highest BCUT2D eigenvalue weighted by Gasteiger charge is 1.94. The number of carbonyl (C=O) groups is 1. The second-order valence-corrected chi connectivity index (χ2v) is 3.44. The van der Waals surface area contributed by atoms with Crippen LogP contribution in [-0.2, 0) is 4.79 Å². The van der Waals surface area contributed by atoms with E-state index in [9.17, 15) is 4.79 Å². The molecule has 1 N–H and O–H groups in total. The number of amides is 1. The van der Waals surface area contributed by atoms with Gasteiger partial charge < -0.3 is 5.32 Å². The van der Waals surface area contributed by atoms with Gasteiger partial charge in [-0.2, -0.15) is 0 Å². The number of nitrogens with zero attached hydrogens (tertiary/aromatic N) is 1. The minimum absolute atomic E-state index is 0.0737. The van der Waals surface area contributed by atoms with Crippen LogP contribution in [0.2, 0.25) is 0 Å². The van der Waals surface area contributed by atoms with E-state index in [1.165, 1.54) is 17.4 Å². The standard InChI is InChI=1S/C9H12N2OS/c1-3-10-8(12)4-5-9-11-7(2)6-13-9/h4-6H,3H2,1-2H3,(H,10,12)/b5-4+. The molecular formula is C9H12N2OS. The Balaban J connectivity index is 2.53. The number of hydrogen-bond donors (Lipinski definition) is 1. The highest BCUT2D eigenvalue weighted by atomic mass is 32.1. The number of rotatable bonds is 3. The third kappa shape index (κ3) is 3.38. The molecule has 4 heteroatoms. The Morgan fingerprint density at radius 1 is 1.77 bits per heavy atom. The molecule has 0 unspecified atom stereocenters. The zero-order chi connectivity index (χ0) is 9.68. The largest absolute Gasteiger partial charge is 0.353 e. The molecule has 1 heterocycles. The van der Waals surface area contributed by atoms with Crippen LogP contribution >= 0.6 is 11.3 Å². The Morgan fingerprint density at radius 3 is 3.08 bits per heavy atom. The predicted octanol–water partition coefficient (Wildman–Crippen LogP) is 1.60. The van der Waals surface area contributed by atoms with Gasteiger partial charge in [-0.15, -0.1) is 11.3 Å². The third-order valence-corrected chi connectivity index (χ3v) is 2.29. The van der Waals surface area contributed by atoms with Gasteiger partial charge in [0.15, 0.2) is 0 Å². The minimum Gasteiger partial charge on any atom is -0.353 e. The fraction of sp³-hybridized carbons (Fsp3) is 0.333. The monoisotopic (exact) mass is 196 g/mol. The van der Waals surface area contributed by atoms with Crippen molar-refractivity contribution in [1.29, 1.82) is 0 Å². The second-order valence-electron chi connectivity index (χ2n) is 2.56. The molecule has 0 aliphatic carbocycles. The number of aryl methyl sites for hydroxylation is 1. The van der Waals surface area contributed by atoms with Crippen molar-refractivity contribution in [1.82, 2.24) is 10.3 Å². The first-order valence-corrected chi connectivity index (χ1v) is 4.98. The molecule has 70 valence electrons. The lowest BCUT2D eigenvalue weighted by Gasteiger charge is -1.92. The molecule has 1 aromatic heterocycles. The quantitative estimate of drug-likeness (QED) is 0.746. The summed E-state index contributed by atoms with van der Waals surface area (Å²) in [5.74, 6) is -0.0737. The molecule has 1 amide bonds. The summed E-state index contributed by atoms with van der Waals surface area (Å²) in [5.41, 5.74) is 0.987. The van der Waals surface area contributed by atoms with Crippen molar-refractivity contribution < 1.29 is 4.79 Å². The Bertz CT molecular complexity index is 317. The van der Waals surface area contributed by atoms with Gasteiger partial charge in [-0.25, -0.2) is 4.98 Å². The Morgan fingerprint density at radius 2 is 2.54 bits per heavy atom. The van der Waals surface area contributed by atoms with Gasteiger partial charge in [0, 0.05) is 23.7 Å². The minimum atomic E-state index is -0.0737. The first kappa shape index (κ1) is 9.92. The lowest BCUT2D eigenvalue weighted by atomic mass is 10.4. The summed E-state index contributed by atoms with van der Waals surface area (Å²) in [5, 5.41) is 5.49. The van der Waals surface area contributed by atoms with Gasteiger partial charge in [0.1, 0.15) is 5.01 Å². The van der Waals surface area contributed by atoms with Crippen LogP contribution in [0.25, 0.3) is 6.08 Å². The van der Waals surface area contributed by atoms with Gasteiger partial charge in [0.05, 0.1) is 0 Å². The van der Waals surface area contributed by atoms with E-state index in [0.717, 1.165) is 10.7 Å². The average molecular weight is 196 g/mol. The fourth-order valence-corrected chi connectivity index (χ4v) is 1.52. The van der Waals surface area contributed by atoms with Crippen molar-refractivity contribution in [3.8, 4) is 0 Å². The Labute approximate surface area is 81.5 Å². The van der Waals surface area contributed by atoms with E-state index < -0.39 is 0 Å². The van der Waals surface area contributed by atoms with Gasteiger partial charge in [-0.3, -0.25) is 4.79 Å². The summed E-state index contributed by atoms with van der Waals surface area (Å²) in [6, 6.07) is 0. The molecule has 0 saturated carbocycles. The molecule has 0 radical (unpaired) electrons. The van der Waals surface area contributed by atoms with Crippen LogP contribution in [0.5, 0.6) is 0 Å². The highest BCUT2D eigenvalue weighted by molar-refractivity contribution is 7.10. The number of carbonyl (C=O) groups excluding carboxylic acids is 1. The molecule has 0 saturated heterocycles. The van der Waals surface area contributed by atoms with Crippen LogP contribution < -0.4 is 5.32 Å². The number of hydrogen-bond acceptors (Lipinski definition) is 3. The van der Waals surface area contributed by atoms with Crippen molar-refractivity contribution in [2.24, 2.45) is 0 Å². The van der Waals surface area contributed by atoms with Crippen molar-refractivity contribution in [3.63, 3.8) is 0 Å². The lowest BCUT2D eigenvalue weighted by molar-refractivity contribution is -0.116. The zero-order valence-corrected chi connectivity index (χ0v) is 8.52. The highest BCUT2D eigenvalue weighted by Crippen LogP contribution is 2.09. The normalized spacial score (nSPS) is 10.6. The smallest absolute Gasteiger partial charge is 0.244 e. The maximum Gasteiger partial charge on any atom is 0.244 e. The number of likely N-dealkylation sites (N-methyl/N-ethyl adjacent to an activating group) is 1. The first-order chi connectivity index (χ1) is 6.22. The van der Waals surface area contributed by atoms with E-state index >= 15 is 0 Å². The summed E-state index contributed by atoms with van der Waals surface area (Å²) >= 11 is 1.53. The Hall–Kier alpha value is -1.16. The van der Waals surface area contributed by atoms with Crippen molar-refractivity contribution >= 4 is 23.3 Å². The summed E-state index contributed by atoms with van der Waals surface area (Å²) in [6.45, 7) is 4.47. The molecule has 0 bridgehead atoms. The topological polar surface area (TPSA) is 42.0 Å². The molecule has 0 atom stereocenters. The van der Waals surface area contributed by atoms with Gasteiger partial charge in [-0.1, -0.05) is 0 Å². The number of aromatic nitrogens is 1. The predicted molar refractivity (Wildman–Crippen MR) is 54.6 cm³/mol. The summed E-state index contributed by atoms with van der Waals surface area (Å²) in [4.78, 5) is 15.2. The third-order valence-electron chi connectivity index (χ3n) is 1.37. The van der Waals surface area contributed by atoms with E-state index in [2.05, 4.69) is 10.3 Å². The van der Waals surface area contributed by atoms with E-state index in [-0.39, 0.29) is 5.91 Å². The zero-order valence-electron chi connectivity index (χ0n) is 7.70. The van der Waals surface area contributed by atoms with Crippen molar-refractivity contribution in [3.05, 3.63) is 22.2 Å². The summed E-state index contributed by atoms with van der Waals surface area (Å²) < 4.78 is 0. The first-order valence-electron chi connectivity index (χ1n) is 4.10. The molecule has 13 heavy (non-hydrogen) atoms. The van der Waals surface area contributed by atoms with Crippen LogP contribution in [0.4, 0.5) is 0 Å². The lowest BCUT2D eigenvalue weighted by Crippen LogP contribution is -2.19. The molecule has 0 spiro atoms. The van der Waals surface area contributed by atoms with Gasteiger partial charge in [0.2, 0.25) is 5.91 Å². The second kappa shape index (κ2) is 4.77. The fourth-order valence-electron chi connectivity index (χ4n) is 0.829. The molecule has 1 aromatic rings. The number of thiazole rings is 1. The van der Waals surface area contributed by atoms with E-state index in [0.29, 0.717) is 6.54 Å². The van der Waals surface area contributed by atoms with E-state index in [1.54, 1.807) is 6.08 Å². The maximum atomic E-state index is 11.0. The molecule has 0 aliphatic rings. The molecule has 0 aromatic carbocycles. The van der Waals surface area contributed by atoms with Crippen LogP contribution in [0.1, 0.15) is 17.6 Å². The van der Waals surface area contributed by atoms with Gasteiger partial charge >= 0.3 is 0 Å². The maximum absolute atomic E-state index is 11.0. The van der Waals surface area contributed by atoms with E-state index in [4.69, 9.17) is 0 Å². The molecule has 0 fully saturated rings. The molecule has 3 nitrogen and oxygen atoms in total. The molecule has 1 rings (SSSR count). The van der Waals surface area contributed by atoms with Crippen LogP contribution in [-0.4, -0.2) is 17.4 Å². The average Bonchev–Trinajstić information content (AvgIpc) is 2.49. The van der Waals surface area contributed by atoms with Gasteiger partial charge in [0.25, 0.3) is 0 Å². The van der Waals surface area contributed by atoms with Crippen molar-refractivity contribution in [2.75, 3.05) is 6.54 Å². The molecular weight excluding hydrogens is 184 g/mol. The molecule has 0 aliphatic heterocycles. The van der Waals surface area contributed by atoms with Crippen molar-refractivity contribution in [2.45, 2.75) is 13.8 Å². The van der Waals surface area contributed by atoms with Crippen LogP contribution in [0.3, 0.4) is 0 Å².